The van der Waals surface area contributed by atoms with Crippen molar-refractivity contribution < 1.29 is 4.74 Å². The van der Waals surface area contributed by atoms with Gasteiger partial charge in [-0.2, -0.15) is 0 Å². The number of hydrogen-bond acceptors (Lipinski definition) is 3. The van der Waals surface area contributed by atoms with Crippen molar-refractivity contribution in [1.82, 2.24) is 9.38 Å². The zero-order chi connectivity index (χ0) is 15.0. The summed E-state index contributed by atoms with van der Waals surface area (Å²) in [5.74, 6) is 0.882. The van der Waals surface area contributed by atoms with Crippen LogP contribution in [0.2, 0.25) is 0 Å². The van der Waals surface area contributed by atoms with Gasteiger partial charge < -0.3 is 14.9 Å². The highest BCUT2D eigenvalue weighted by atomic mass is 16.5. The first-order valence-electron chi connectivity index (χ1n) is 6.96. The number of aromatic nitrogens is 2. The molecule has 2 aromatic heterocycles. The number of ether oxygens (including phenoxy) is 1. The summed E-state index contributed by atoms with van der Waals surface area (Å²) in [4.78, 5) is 4.73. The maximum Gasteiger partial charge on any atom is 0.137 e. The Bertz CT molecular complexity index is 805. The molecular weight excluding hydrogens is 262 g/mol. The van der Waals surface area contributed by atoms with Crippen molar-refractivity contribution in [2.75, 3.05) is 7.11 Å². The molecule has 0 atom stereocenters. The molecule has 0 bridgehead atoms. The van der Waals surface area contributed by atoms with E-state index in [1.807, 2.05) is 25.1 Å². The summed E-state index contributed by atoms with van der Waals surface area (Å²) in [7, 11) is 1.68. The number of nitrogens with two attached hydrogens (primary N) is 1. The summed E-state index contributed by atoms with van der Waals surface area (Å²) in [6.45, 7) is 4.55. The number of imidazole rings is 1. The van der Waals surface area contributed by atoms with Crippen LogP contribution in [0.3, 0.4) is 0 Å². The first kappa shape index (κ1) is 13.6. The molecule has 0 fully saturated rings. The molecule has 2 N–H and O–H groups in total. The van der Waals surface area contributed by atoms with Gasteiger partial charge in [0.2, 0.25) is 0 Å². The topological polar surface area (TPSA) is 52.5 Å². The van der Waals surface area contributed by atoms with Gasteiger partial charge >= 0.3 is 0 Å². The molecule has 0 spiro atoms. The quantitative estimate of drug-likeness (QED) is 0.802. The second-order valence-corrected chi connectivity index (χ2v) is 5.23. The van der Waals surface area contributed by atoms with Crippen molar-refractivity contribution in [1.29, 1.82) is 0 Å². The van der Waals surface area contributed by atoms with E-state index in [0.29, 0.717) is 6.54 Å². The van der Waals surface area contributed by atoms with E-state index in [1.54, 1.807) is 7.11 Å². The van der Waals surface area contributed by atoms with Gasteiger partial charge in [-0.15, -0.1) is 0 Å². The molecular formula is C17H19N3O. The van der Waals surface area contributed by atoms with Crippen LogP contribution in [0.1, 0.15) is 16.8 Å². The summed E-state index contributed by atoms with van der Waals surface area (Å²) >= 11 is 0. The van der Waals surface area contributed by atoms with Crippen molar-refractivity contribution in [3.05, 3.63) is 53.3 Å². The standard InChI is InChI=1S/C17H19N3O/c1-11-4-7-16-19-17(14(9-18)20(16)10-11)13-5-6-15(21-3)12(2)8-13/h4-8,10H,9,18H2,1-3H3. The molecule has 0 unspecified atom stereocenters. The fourth-order valence-electron chi connectivity index (χ4n) is 2.65. The van der Waals surface area contributed by atoms with E-state index in [2.05, 4.69) is 29.7 Å². The van der Waals surface area contributed by atoms with Gasteiger partial charge in [-0.1, -0.05) is 6.07 Å². The van der Waals surface area contributed by atoms with Crippen LogP contribution in [-0.2, 0) is 6.54 Å². The molecule has 3 aromatic rings. The smallest absolute Gasteiger partial charge is 0.137 e. The molecule has 0 radical (unpaired) electrons. The molecule has 0 amide bonds. The fraction of sp³-hybridized carbons (Fsp3) is 0.235. The number of hydrogen-bond donors (Lipinski definition) is 1. The van der Waals surface area contributed by atoms with Gasteiger partial charge in [0.05, 0.1) is 18.5 Å². The lowest BCUT2D eigenvalue weighted by atomic mass is 10.1. The van der Waals surface area contributed by atoms with Gasteiger partial charge in [0.25, 0.3) is 0 Å². The molecule has 108 valence electrons. The molecule has 21 heavy (non-hydrogen) atoms. The zero-order valence-corrected chi connectivity index (χ0v) is 12.6. The number of nitrogens with zero attached hydrogens (tertiary/aromatic N) is 2. The molecule has 0 saturated heterocycles. The number of rotatable bonds is 3. The highest BCUT2D eigenvalue weighted by Gasteiger charge is 2.13. The lowest BCUT2D eigenvalue weighted by Gasteiger charge is -2.07. The molecule has 1 aromatic carbocycles. The van der Waals surface area contributed by atoms with E-state index in [0.717, 1.165) is 33.9 Å². The van der Waals surface area contributed by atoms with Crippen LogP contribution in [0, 0.1) is 13.8 Å². The lowest BCUT2D eigenvalue weighted by molar-refractivity contribution is 0.412. The molecule has 0 saturated carbocycles. The first-order chi connectivity index (χ1) is 10.1. The van der Waals surface area contributed by atoms with Crippen molar-refractivity contribution in [3.8, 4) is 17.0 Å². The minimum Gasteiger partial charge on any atom is -0.496 e. The Labute approximate surface area is 124 Å². The van der Waals surface area contributed by atoms with Crippen molar-refractivity contribution >= 4 is 5.65 Å². The third-order valence-electron chi connectivity index (χ3n) is 3.73. The Morgan fingerprint density at radius 2 is 2.00 bits per heavy atom. The second-order valence-electron chi connectivity index (χ2n) is 5.23. The van der Waals surface area contributed by atoms with Gasteiger partial charge in [0, 0.05) is 18.3 Å². The average Bonchev–Trinajstić information content (AvgIpc) is 2.84. The monoisotopic (exact) mass is 281 g/mol. The van der Waals surface area contributed by atoms with Crippen LogP contribution < -0.4 is 10.5 Å². The van der Waals surface area contributed by atoms with E-state index in [9.17, 15) is 0 Å². The maximum atomic E-state index is 5.96. The Morgan fingerprint density at radius 1 is 1.19 bits per heavy atom. The number of fused-ring (bicyclic) bond motifs is 1. The average molecular weight is 281 g/mol. The van der Waals surface area contributed by atoms with Crippen molar-refractivity contribution in [2.45, 2.75) is 20.4 Å². The Balaban J connectivity index is 2.22. The van der Waals surface area contributed by atoms with Gasteiger partial charge in [0.15, 0.2) is 0 Å². The number of benzene rings is 1. The second kappa shape index (κ2) is 5.22. The number of pyridine rings is 1. The van der Waals surface area contributed by atoms with Crippen LogP contribution >= 0.6 is 0 Å². The largest absolute Gasteiger partial charge is 0.496 e. The Hall–Kier alpha value is -2.33. The molecule has 0 aliphatic heterocycles. The first-order valence-corrected chi connectivity index (χ1v) is 6.96. The van der Waals surface area contributed by atoms with E-state index >= 15 is 0 Å². The van der Waals surface area contributed by atoms with Crippen molar-refractivity contribution in [3.63, 3.8) is 0 Å². The van der Waals surface area contributed by atoms with Gasteiger partial charge in [-0.3, -0.25) is 0 Å². The van der Waals surface area contributed by atoms with Crippen LogP contribution in [0.4, 0.5) is 0 Å². The Morgan fingerprint density at radius 3 is 2.67 bits per heavy atom. The van der Waals surface area contributed by atoms with E-state index in [-0.39, 0.29) is 0 Å². The zero-order valence-electron chi connectivity index (χ0n) is 12.6. The van der Waals surface area contributed by atoms with Gasteiger partial charge in [-0.25, -0.2) is 4.98 Å². The normalized spacial score (nSPS) is 11.0. The summed E-state index contributed by atoms with van der Waals surface area (Å²) in [5.41, 5.74) is 12.2. The molecule has 4 heteroatoms. The Kier molecular flexibility index (Phi) is 3.39. The third kappa shape index (κ3) is 2.28. The predicted octanol–water partition coefficient (Wildman–Crippen LogP) is 3.09. The van der Waals surface area contributed by atoms with E-state index in [1.165, 1.54) is 5.56 Å². The lowest BCUT2D eigenvalue weighted by Crippen LogP contribution is -2.03. The predicted molar refractivity (Wildman–Crippen MR) is 84.5 cm³/mol. The highest BCUT2D eigenvalue weighted by Crippen LogP contribution is 2.28. The SMILES string of the molecule is COc1ccc(-c2nc3ccc(C)cn3c2CN)cc1C. The third-order valence-corrected chi connectivity index (χ3v) is 3.73. The molecule has 0 aliphatic carbocycles. The van der Waals surface area contributed by atoms with Crippen LogP contribution in [0.15, 0.2) is 36.5 Å². The minimum absolute atomic E-state index is 0.449. The van der Waals surface area contributed by atoms with Crippen LogP contribution in [0.5, 0.6) is 5.75 Å². The maximum absolute atomic E-state index is 5.96. The summed E-state index contributed by atoms with van der Waals surface area (Å²) in [6, 6.07) is 10.2. The van der Waals surface area contributed by atoms with Gasteiger partial charge in [-0.05, 0) is 49.2 Å². The van der Waals surface area contributed by atoms with Gasteiger partial charge in [0.1, 0.15) is 11.4 Å². The van der Waals surface area contributed by atoms with Crippen molar-refractivity contribution in [2.24, 2.45) is 5.73 Å². The molecule has 3 rings (SSSR count). The molecule has 4 nitrogen and oxygen atoms in total. The summed E-state index contributed by atoms with van der Waals surface area (Å²) in [6.07, 6.45) is 2.07. The van der Waals surface area contributed by atoms with E-state index in [4.69, 9.17) is 15.5 Å². The summed E-state index contributed by atoms with van der Waals surface area (Å²) in [5, 5.41) is 0. The molecule has 2 heterocycles. The fourth-order valence-corrected chi connectivity index (χ4v) is 2.65. The molecule has 0 aliphatic rings. The van der Waals surface area contributed by atoms with E-state index < -0.39 is 0 Å². The van der Waals surface area contributed by atoms with Crippen LogP contribution in [0.25, 0.3) is 16.9 Å². The van der Waals surface area contributed by atoms with Crippen LogP contribution in [-0.4, -0.2) is 16.5 Å². The summed E-state index contributed by atoms with van der Waals surface area (Å²) < 4.78 is 7.39. The minimum atomic E-state index is 0.449. The number of aryl methyl sites for hydroxylation is 2. The number of methoxy groups -OCH3 is 1. The highest BCUT2D eigenvalue weighted by molar-refractivity contribution is 5.68.